The third-order valence-electron chi connectivity index (χ3n) is 4.27. The fraction of sp³-hybridized carbons (Fsp3) is 0.600. The fourth-order valence-corrected chi connectivity index (χ4v) is 3.24. The van der Waals surface area contributed by atoms with Crippen molar-refractivity contribution in [1.29, 1.82) is 0 Å². The molecular weight excluding hydrogens is 330 g/mol. The van der Waals surface area contributed by atoms with E-state index in [0.717, 1.165) is 30.8 Å². The first-order chi connectivity index (χ1) is 12.3. The zero-order chi connectivity index (χ0) is 19.1. The third-order valence-corrected chi connectivity index (χ3v) is 4.27. The molecule has 0 saturated carbocycles. The van der Waals surface area contributed by atoms with E-state index in [1.165, 1.54) is 0 Å². The van der Waals surface area contributed by atoms with Gasteiger partial charge >= 0.3 is 0 Å². The van der Waals surface area contributed by atoms with E-state index in [2.05, 4.69) is 29.4 Å². The molecule has 1 aliphatic rings. The molecule has 0 aromatic heterocycles. The highest BCUT2D eigenvalue weighted by Crippen LogP contribution is 2.09. The Labute approximate surface area is 156 Å². The first kappa shape index (κ1) is 20.4. The molecule has 1 aliphatic heterocycles. The summed E-state index contributed by atoms with van der Waals surface area (Å²) in [5.74, 6) is 0.181. The molecule has 6 nitrogen and oxygen atoms in total. The SMILES string of the molecule is Cc1cc(C)cc(C(=O)NCC(=O)NCC2CN(CC(C)C)CCO2)c1. The Kier molecular flexibility index (Phi) is 7.60. The summed E-state index contributed by atoms with van der Waals surface area (Å²) in [6, 6.07) is 5.65. The largest absolute Gasteiger partial charge is 0.374 e. The van der Waals surface area contributed by atoms with Gasteiger partial charge in [0.2, 0.25) is 5.91 Å². The van der Waals surface area contributed by atoms with Crippen molar-refractivity contribution in [3.05, 3.63) is 34.9 Å². The van der Waals surface area contributed by atoms with E-state index in [-0.39, 0.29) is 24.5 Å². The number of rotatable bonds is 7. The van der Waals surface area contributed by atoms with Crippen molar-refractivity contribution in [2.24, 2.45) is 5.92 Å². The minimum Gasteiger partial charge on any atom is -0.374 e. The molecule has 6 heteroatoms. The van der Waals surface area contributed by atoms with Crippen LogP contribution in [-0.2, 0) is 9.53 Å². The topological polar surface area (TPSA) is 70.7 Å². The number of hydrogen-bond donors (Lipinski definition) is 2. The summed E-state index contributed by atoms with van der Waals surface area (Å²) < 4.78 is 5.72. The van der Waals surface area contributed by atoms with Crippen molar-refractivity contribution in [1.82, 2.24) is 15.5 Å². The van der Waals surface area contributed by atoms with Crippen LogP contribution in [0.15, 0.2) is 18.2 Å². The van der Waals surface area contributed by atoms with Crippen molar-refractivity contribution in [2.45, 2.75) is 33.8 Å². The summed E-state index contributed by atoms with van der Waals surface area (Å²) in [6.07, 6.45) is 0.00146. The van der Waals surface area contributed by atoms with Crippen molar-refractivity contribution in [2.75, 3.05) is 39.3 Å². The maximum absolute atomic E-state index is 12.2. The summed E-state index contributed by atoms with van der Waals surface area (Å²) in [5, 5.41) is 5.52. The van der Waals surface area contributed by atoms with Crippen LogP contribution in [0.5, 0.6) is 0 Å². The van der Waals surface area contributed by atoms with Crippen molar-refractivity contribution in [3.63, 3.8) is 0 Å². The minimum absolute atomic E-state index is 0.00146. The van der Waals surface area contributed by atoms with Crippen LogP contribution in [-0.4, -0.2) is 62.1 Å². The first-order valence-electron chi connectivity index (χ1n) is 9.30. The number of carbonyl (C=O) groups excluding carboxylic acids is 2. The zero-order valence-electron chi connectivity index (χ0n) is 16.3. The second-order valence-corrected chi connectivity index (χ2v) is 7.51. The summed E-state index contributed by atoms with van der Waals surface area (Å²) in [4.78, 5) is 26.6. The normalized spacial score (nSPS) is 18.0. The average Bonchev–Trinajstić information content (AvgIpc) is 2.56. The smallest absolute Gasteiger partial charge is 0.251 e. The molecule has 2 rings (SSSR count). The number of benzene rings is 1. The van der Waals surface area contributed by atoms with Gasteiger partial charge in [0.15, 0.2) is 0 Å². The highest BCUT2D eigenvalue weighted by Gasteiger charge is 2.21. The Morgan fingerprint density at radius 2 is 1.88 bits per heavy atom. The van der Waals surface area contributed by atoms with Gasteiger partial charge in [0.05, 0.1) is 19.3 Å². The number of hydrogen-bond acceptors (Lipinski definition) is 4. The molecule has 0 radical (unpaired) electrons. The predicted octanol–water partition coefficient (Wildman–Crippen LogP) is 1.51. The minimum atomic E-state index is -0.232. The molecule has 1 saturated heterocycles. The van der Waals surface area contributed by atoms with Crippen LogP contribution in [0.25, 0.3) is 0 Å². The van der Waals surface area contributed by atoms with Gasteiger partial charge in [-0.05, 0) is 31.9 Å². The number of nitrogens with zero attached hydrogens (tertiary/aromatic N) is 1. The Morgan fingerprint density at radius 3 is 2.54 bits per heavy atom. The van der Waals surface area contributed by atoms with Gasteiger partial charge in [-0.3, -0.25) is 14.5 Å². The second-order valence-electron chi connectivity index (χ2n) is 7.51. The molecular formula is C20H31N3O3. The molecule has 1 heterocycles. The van der Waals surface area contributed by atoms with Crippen LogP contribution in [0.3, 0.4) is 0 Å². The van der Waals surface area contributed by atoms with E-state index in [1.807, 2.05) is 32.0 Å². The molecule has 1 unspecified atom stereocenters. The number of carbonyl (C=O) groups is 2. The molecule has 1 fully saturated rings. The van der Waals surface area contributed by atoms with Gasteiger partial charge in [-0.1, -0.05) is 31.0 Å². The number of nitrogens with one attached hydrogen (secondary N) is 2. The lowest BCUT2D eigenvalue weighted by Crippen LogP contribution is -2.49. The van der Waals surface area contributed by atoms with Gasteiger partial charge < -0.3 is 15.4 Å². The lowest BCUT2D eigenvalue weighted by Gasteiger charge is -2.33. The maximum Gasteiger partial charge on any atom is 0.251 e. The summed E-state index contributed by atoms with van der Waals surface area (Å²) in [5.41, 5.74) is 2.63. The summed E-state index contributed by atoms with van der Waals surface area (Å²) >= 11 is 0. The van der Waals surface area contributed by atoms with Crippen molar-refractivity contribution in [3.8, 4) is 0 Å². The molecule has 2 N–H and O–H groups in total. The highest BCUT2D eigenvalue weighted by atomic mass is 16.5. The number of aryl methyl sites for hydroxylation is 2. The number of ether oxygens (including phenoxy) is 1. The molecule has 0 aliphatic carbocycles. The molecule has 2 amide bonds. The predicted molar refractivity (Wildman–Crippen MR) is 102 cm³/mol. The van der Waals surface area contributed by atoms with Crippen LogP contribution >= 0.6 is 0 Å². The van der Waals surface area contributed by atoms with Crippen LogP contribution in [0.2, 0.25) is 0 Å². The quantitative estimate of drug-likeness (QED) is 0.772. The Bertz CT molecular complexity index is 610. The lowest BCUT2D eigenvalue weighted by atomic mass is 10.1. The van der Waals surface area contributed by atoms with E-state index in [9.17, 15) is 9.59 Å². The number of morpholine rings is 1. The molecule has 1 aromatic carbocycles. The molecule has 1 aromatic rings. The summed E-state index contributed by atoms with van der Waals surface area (Å²) in [7, 11) is 0. The van der Waals surface area contributed by atoms with Gasteiger partial charge in [-0.2, -0.15) is 0 Å². The Morgan fingerprint density at radius 1 is 1.19 bits per heavy atom. The van der Waals surface area contributed by atoms with E-state index >= 15 is 0 Å². The summed E-state index contributed by atoms with van der Waals surface area (Å²) in [6.45, 7) is 12.2. The highest BCUT2D eigenvalue weighted by molar-refractivity contribution is 5.96. The molecule has 0 spiro atoms. The van der Waals surface area contributed by atoms with E-state index in [4.69, 9.17) is 4.74 Å². The van der Waals surface area contributed by atoms with Crippen LogP contribution < -0.4 is 10.6 Å². The Balaban J connectivity index is 1.72. The molecule has 144 valence electrons. The molecule has 1 atom stereocenters. The number of amides is 2. The molecule has 26 heavy (non-hydrogen) atoms. The van der Waals surface area contributed by atoms with Gasteiger partial charge in [-0.25, -0.2) is 0 Å². The maximum atomic E-state index is 12.2. The van der Waals surface area contributed by atoms with Gasteiger partial charge in [0.1, 0.15) is 0 Å². The van der Waals surface area contributed by atoms with Gasteiger partial charge in [0, 0.05) is 31.7 Å². The van der Waals surface area contributed by atoms with E-state index in [0.29, 0.717) is 24.6 Å². The lowest BCUT2D eigenvalue weighted by molar-refractivity contribution is -0.121. The zero-order valence-corrected chi connectivity index (χ0v) is 16.3. The fourth-order valence-electron chi connectivity index (χ4n) is 3.24. The van der Waals surface area contributed by atoms with E-state index in [1.54, 1.807) is 0 Å². The van der Waals surface area contributed by atoms with Crippen molar-refractivity contribution < 1.29 is 14.3 Å². The third kappa shape index (κ3) is 6.77. The van der Waals surface area contributed by atoms with Crippen LogP contribution in [0.1, 0.15) is 35.3 Å². The molecule has 0 bridgehead atoms. The standard InChI is InChI=1S/C20H31N3O3/c1-14(2)12-23-5-6-26-18(13-23)10-21-19(24)11-22-20(25)17-8-15(3)7-16(4)9-17/h7-9,14,18H,5-6,10-13H2,1-4H3,(H,21,24)(H,22,25). The van der Waals surface area contributed by atoms with E-state index < -0.39 is 0 Å². The second kappa shape index (κ2) is 9.69. The van der Waals surface area contributed by atoms with Crippen molar-refractivity contribution >= 4 is 11.8 Å². The Hall–Kier alpha value is -1.92. The average molecular weight is 361 g/mol. The first-order valence-corrected chi connectivity index (χ1v) is 9.30. The van der Waals surface area contributed by atoms with Gasteiger partial charge in [-0.15, -0.1) is 0 Å². The van der Waals surface area contributed by atoms with Crippen LogP contribution in [0.4, 0.5) is 0 Å². The van der Waals surface area contributed by atoms with Crippen LogP contribution in [0, 0.1) is 19.8 Å². The van der Waals surface area contributed by atoms with Gasteiger partial charge in [0.25, 0.3) is 5.91 Å². The monoisotopic (exact) mass is 361 g/mol.